The van der Waals surface area contributed by atoms with E-state index in [0.717, 1.165) is 4.88 Å². The average Bonchev–Trinajstić information content (AvgIpc) is 2.94. The van der Waals surface area contributed by atoms with Gasteiger partial charge in [0.15, 0.2) is 0 Å². The molecule has 0 spiro atoms. The Morgan fingerprint density at radius 3 is 2.61 bits per heavy atom. The van der Waals surface area contributed by atoms with Gasteiger partial charge < -0.3 is 19.3 Å². The second-order valence-corrected chi connectivity index (χ2v) is 6.87. The number of ether oxygens (including phenoxy) is 2. The highest BCUT2D eigenvalue weighted by molar-refractivity contribution is 7.16. The molecule has 0 aliphatic carbocycles. The molecule has 1 aliphatic rings. The summed E-state index contributed by atoms with van der Waals surface area (Å²) in [5.74, 6) is -0.458. The van der Waals surface area contributed by atoms with E-state index in [0.29, 0.717) is 22.2 Å². The van der Waals surface area contributed by atoms with Gasteiger partial charge in [-0.3, -0.25) is 0 Å². The molecular weight excluding hydrogens is 340 g/mol. The highest BCUT2D eigenvalue weighted by Gasteiger charge is 2.39. The maximum atomic E-state index is 12.5. The number of allylic oxidation sites excluding steroid dienone is 1. The number of nitrogens with zero attached hydrogens (tertiary/aromatic N) is 2. The van der Waals surface area contributed by atoms with Crippen molar-refractivity contribution >= 4 is 34.9 Å². The minimum Gasteiger partial charge on any atom is -0.460 e. The summed E-state index contributed by atoms with van der Waals surface area (Å²) in [6.07, 6.45) is 0. The fourth-order valence-electron chi connectivity index (χ4n) is 2.43. The van der Waals surface area contributed by atoms with Crippen molar-refractivity contribution in [3.05, 3.63) is 32.6 Å². The molecule has 0 radical (unpaired) electrons. The highest BCUT2D eigenvalue weighted by atomic mass is 35.5. The molecule has 126 valence electrons. The van der Waals surface area contributed by atoms with E-state index in [-0.39, 0.29) is 12.6 Å². The Hall–Kier alpha value is -1.57. The molecule has 0 aromatic carbocycles. The second kappa shape index (κ2) is 7.33. The van der Waals surface area contributed by atoms with Gasteiger partial charge >= 0.3 is 12.0 Å². The van der Waals surface area contributed by atoms with E-state index in [1.165, 1.54) is 28.2 Å². The Bertz CT molecular complexity index is 643. The molecule has 1 atom stereocenters. The number of urea groups is 1. The molecule has 0 N–H and O–H groups in total. The topological polar surface area (TPSA) is 59.1 Å². The first-order valence-corrected chi connectivity index (χ1v) is 8.20. The zero-order valence-corrected chi connectivity index (χ0v) is 15.0. The molecule has 8 heteroatoms. The molecule has 2 heterocycles. The minimum atomic E-state index is -0.508. The Balaban J connectivity index is 2.42. The number of methoxy groups -OCH3 is 1. The molecule has 0 saturated heterocycles. The van der Waals surface area contributed by atoms with Crippen molar-refractivity contribution in [1.82, 2.24) is 9.80 Å². The van der Waals surface area contributed by atoms with Crippen LogP contribution in [0.2, 0.25) is 4.34 Å². The Labute approximate surface area is 144 Å². The van der Waals surface area contributed by atoms with Crippen LogP contribution in [0, 0.1) is 0 Å². The molecule has 1 aliphatic heterocycles. The summed E-state index contributed by atoms with van der Waals surface area (Å²) in [5, 5.41) is 0. The lowest BCUT2D eigenvalue weighted by Gasteiger charge is -2.38. The van der Waals surface area contributed by atoms with Gasteiger partial charge in [0, 0.05) is 31.8 Å². The number of amides is 2. The highest BCUT2D eigenvalue weighted by Crippen LogP contribution is 2.40. The number of halogens is 1. The predicted octanol–water partition coefficient (Wildman–Crippen LogP) is 2.90. The molecule has 2 amide bonds. The maximum absolute atomic E-state index is 12.5. The first kappa shape index (κ1) is 17.8. The van der Waals surface area contributed by atoms with Crippen molar-refractivity contribution in [3.8, 4) is 0 Å². The lowest BCUT2D eigenvalue weighted by Crippen LogP contribution is -2.47. The fraction of sp³-hybridized carbons (Fsp3) is 0.467. The third-order valence-electron chi connectivity index (χ3n) is 3.75. The molecule has 1 aromatic rings. The zero-order valence-electron chi connectivity index (χ0n) is 13.5. The first-order chi connectivity index (χ1) is 10.9. The van der Waals surface area contributed by atoms with Gasteiger partial charge in [-0.05, 0) is 19.1 Å². The van der Waals surface area contributed by atoms with Gasteiger partial charge in [-0.15, -0.1) is 11.3 Å². The van der Waals surface area contributed by atoms with E-state index in [2.05, 4.69) is 0 Å². The van der Waals surface area contributed by atoms with Crippen molar-refractivity contribution in [2.24, 2.45) is 0 Å². The quantitative estimate of drug-likeness (QED) is 0.600. The molecular formula is C15H19ClN2O4S. The predicted molar refractivity (Wildman–Crippen MR) is 88.5 cm³/mol. The van der Waals surface area contributed by atoms with Crippen LogP contribution in [0.25, 0.3) is 0 Å². The maximum Gasteiger partial charge on any atom is 0.338 e. The number of likely N-dealkylation sites (N-methyl/N-ethyl adjacent to an activating group) is 1. The standard InChI is InChI=1S/C15H19ClN2O4S/c1-9-12(14(19)22-8-7-21-4)13(10-5-6-11(16)23-10)18(3)15(20)17(9)2/h5-6,13H,7-8H2,1-4H3/t13-/m1/s1. The van der Waals surface area contributed by atoms with Crippen LogP contribution in [-0.2, 0) is 14.3 Å². The monoisotopic (exact) mass is 358 g/mol. The van der Waals surface area contributed by atoms with Crippen LogP contribution in [0.3, 0.4) is 0 Å². The summed E-state index contributed by atoms with van der Waals surface area (Å²) < 4.78 is 10.8. The zero-order chi connectivity index (χ0) is 17.1. The van der Waals surface area contributed by atoms with Gasteiger partial charge in [-0.1, -0.05) is 11.6 Å². The van der Waals surface area contributed by atoms with Crippen LogP contribution in [0.1, 0.15) is 17.8 Å². The second-order valence-electron chi connectivity index (χ2n) is 5.12. The SMILES string of the molecule is COCCOC(=O)C1=C(C)N(C)C(=O)N(C)[C@@H]1c1ccc(Cl)s1. The van der Waals surface area contributed by atoms with Crippen molar-refractivity contribution in [1.29, 1.82) is 0 Å². The normalized spacial score (nSPS) is 18.7. The molecule has 0 saturated carbocycles. The summed E-state index contributed by atoms with van der Waals surface area (Å²) in [6, 6.07) is 2.88. The van der Waals surface area contributed by atoms with Gasteiger partial charge in [-0.25, -0.2) is 9.59 Å². The van der Waals surface area contributed by atoms with E-state index in [9.17, 15) is 9.59 Å². The van der Waals surface area contributed by atoms with E-state index < -0.39 is 12.0 Å². The van der Waals surface area contributed by atoms with E-state index in [1.807, 2.05) is 6.07 Å². The van der Waals surface area contributed by atoms with Crippen LogP contribution in [0.4, 0.5) is 4.79 Å². The van der Waals surface area contributed by atoms with Crippen LogP contribution < -0.4 is 0 Å². The Kier molecular flexibility index (Phi) is 5.67. The number of carbonyl (C=O) groups excluding carboxylic acids is 2. The number of hydrogen-bond acceptors (Lipinski definition) is 5. The van der Waals surface area contributed by atoms with Crippen molar-refractivity contribution < 1.29 is 19.1 Å². The summed E-state index contributed by atoms with van der Waals surface area (Å²) in [6.45, 7) is 2.21. The summed E-state index contributed by atoms with van der Waals surface area (Å²) in [7, 11) is 4.83. The number of rotatable bonds is 5. The van der Waals surface area contributed by atoms with Gasteiger partial charge in [0.2, 0.25) is 0 Å². The van der Waals surface area contributed by atoms with E-state index >= 15 is 0 Å². The van der Waals surface area contributed by atoms with Crippen molar-refractivity contribution in [2.75, 3.05) is 34.4 Å². The largest absolute Gasteiger partial charge is 0.460 e. The lowest BCUT2D eigenvalue weighted by atomic mass is 9.99. The van der Waals surface area contributed by atoms with Gasteiger partial charge in [0.05, 0.1) is 16.5 Å². The van der Waals surface area contributed by atoms with Crippen LogP contribution in [-0.4, -0.2) is 56.2 Å². The van der Waals surface area contributed by atoms with Gasteiger partial charge in [-0.2, -0.15) is 0 Å². The minimum absolute atomic E-state index is 0.158. The Morgan fingerprint density at radius 1 is 1.35 bits per heavy atom. The van der Waals surface area contributed by atoms with Gasteiger partial charge in [0.25, 0.3) is 0 Å². The first-order valence-electron chi connectivity index (χ1n) is 7.01. The number of hydrogen-bond donors (Lipinski definition) is 0. The summed E-state index contributed by atoms with van der Waals surface area (Å²) in [5.41, 5.74) is 1.01. The molecule has 0 fully saturated rings. The molecule has 0 unspecified atom stereocenters. The third-order valence-corrected chi connectivity index (χ3v) is 5.03. The Morgan fingerprint density at radius 2 is 2.04 bits per heavy atom. The lowest BCUT2D eigenvalue weighted by molar-refractivity contribution is -0.141. The number of thiophene rings is 1. The molecule has 1 aromatic heterocycles. The van der Waals surface area contributed by atoms with E-state index in [1.54, 1.807) is 27.1 Å². The smallest absolute Gasteiger partial charge is 0.338 e. The van der Waals surface area contributed by atoms with Crippen molar-refractivity contribution in [2.45, 2.75) is 13.0 Å². The van der Waals surface area contributed by atoms with Gasteiger partial charge in [0.1, 0.15) is 12.6 Å². The number of carbonyl (C=O) groups is 2. The van der Waals surface area contributed by atoms with Crippen LogP contribution >= 0.6 is 22.9 Å². The summed E-state index contributed by atoms with van der Waals surface area (Å²) in [4.78, 5) is 28.7. The fourth-order valence-corrected chi connectivity index (χ4v) is 3.64. The number of esters is 1. The van der Waals surface area contributed by atoms with Crippen LogP contribution in [0.15, 0.2) is 23.4 Å². The molecule has 0 bridgehead atoms. The summed E-state index contributed by atoms with van der Waals surface area (Å²) >= 11 is 7.35. The molecule has 2 rings (SSSR count). The molecule has 23 heavy (non-hydrogen) atoms. The molecule has 6 nitrogen and oxygen atoms in total. The third kappa shape index (κ3) is 3.52. The average molecular weight is 359 g/mol. The van der Waals surface area contributed by atoms with Crippen LogP contribution in [0.5, 0.6) is 0 Å². The van der Waals surface area contributed by atoms with Crippen molar-refractivity contribution in [3.63, 3.8) is 0 Å². The van der Waals surface area contributed by atoms with E-state index in [4.69, 9.17) is 21.1 Å².